The Morgan fingerprint density at radius 2 is 1.85 bits per heavy atom. The van der Waals surface area contributed by atoms with Gasteiger partial charge in [-0.15, -0.1) is 0 Å². The van der Waals surface area contributed by atoms with Crippen LogP contribution in [-0.4, -0.2) is 39.1 Å². The molecule has 9 heteroatoms. The van der Waals surface area contributed by atoms with Gasteiger partial charge in [0.05, 0.1) is 11.7 Å². The van der Waals surface area contributed by atoms with E-state index >= 15 is 0 Å². The smallest absolute Gasteiger partial charge is 0.162 e. The van der Waals surface area contributed by atoms with Crippen molar-refractivity contribution in [2.45, 2.75) is 31.2 Å². The Bertz CT molecular complexity index is 1350. The third kappa shape index (κ3) is 4.03. The molecule has 4 heterocycles. The maximum Gasteiger partial charge on any atom is 0.162 e. The van der Waals surface area contributed by atoms with Gasteiger partial charge in [0.2, 0.25) is 0 Å². The summed E-state index contributed by atoms with van der Waals surface area (Å²) in [5.74, 6) is 0.707. The number of rotatable bonds is 6. The fourth-order valence-corrected chi connectivity index (χ4v) is 4.40. The van der Waals surface area contributed by atoms with Crippen LogP contribution >= 0.6 is 0 Å². The Morgan fingerprint density at radius 1 is 1.00 bits per heavy atom. The lowest BCUT2D eigenvalue weighted by Gasteiger charge is -2.17. The van der Waals surface area contributed by atoms with Crippen LogP contribution in [0.2, 0.25) is 0 Å². The van der Waals surface area contributed by atoms with Gasteiger partial charge in [0.15, 0.2) is 5.82 Å². The Hall–Kier alpha value is -3.72. The molecule has 1 aromatic carbocycles. The number of anilines is 3. The van der Waals surface area contributed by atoms with Gasteiger partial charge < -0.3 is 16.0 Å². The van der Waals surface area contributed by atoms with Gasteiger partial charge in [0.1, 0.15) is 29.0 Å². The summed E-state index contributed by atoms with van der Waals surface area (Å²) in [5.41, 5.74) is 2.39. The fourth-order valence-electron chi connectivity index (χ4n) is 4.40. The predicted octanol–water partition coefficient (Wildman–Crippen LogP) is 4.76. The second-order valence-electron chi connectivity index (χ2n) is 8.78. The Kier molecular flexibility index (Phi) is 5.26. The van der Waals surface area contributed by atoms with Crippen molar-refractivity contribution in [3.05, 3.63) is 66.1 Å². The summed E-state index contributed by atoms with van der Waals surface area (Å²) in [5, 5.41) is 10.8. The molecule has 34 heavy (non-hydrogen) atoms. The Balaban J connectivity index is 1.42. The SMILES string of the molecule is Fc1cccc(F)c1Nc1cc(-c2nc(N[C@@H]3CCNC3)c3c(C4CC4)cncc3n2)ccn1. The van der Waals surface area contributed by atoms with Gasteiger partial charge in [-0.3, -0.25) is 4.98 Å². The average Bonchev–Trinajstić information content (AvgIpc) is 3.57. The minimum Gasteiger partial charge on any atom is -0.365 e. The summed E-state index contributed by atoms with van der Waals surface area (Å²) in [6, 6.07) is 7.46. The summed E-state index contributed by atoms with van der Waals surface area (Å²) in [6.07, 6.45) is 8.58. The first-order chi connectivity index (χ1) is 16.7. The molecule has 1 aliphatic carbocycles. The summed E-state index contributed by atoms with van der Waals surface area (Å²) >= 11 is 0. The molecular formula is C25H23F2N7. The molecule has 0 spiro atoms. The van der Waals surface area contributed by atoms with Crippen molar-refractivity contribution in [1.29, 1.82) is 0 Å². The van der Waals surface area contributed by atoms with Crippen LogP contribution in [-0.2, 0) is 0 Å². The standard InChI is InChI=1S/C25H23F2N7/c26-18-2-1-3-19(27)23(18)33-21-10-15(6-9-30-21)24-32-20-13-29-12-17(14-4-5-14)22(20)25(34-24)31-16-7-8-28-11-16/h1-3,6,9-10,12-14,16,28H,4-5,7-8,11H2,(H,30,33)(H,31,32,34)/t16-/m1/s1. The number of hydrogen-bond acceptors (Lipinski definition) is 7. The highest BCUT2D eigenvalue weighted by Gasteiger charge is 2.28. The van der Waals surface area contributed by atoms with E-state index in [0.29, 0.717) is 23.1 Å². The largest absolute Gasteiger partial charge is 0.365 e. The van der Waals surface area contributed by atoms with Gasteiger partial charge in [0.25, 0.3) is 0 Å². The topological polar surface area (TPSA) is 87.7 Å². The molecule has 1 saturated carbocycles. The summed E-state index contributed by atoms with van der Waals surface area (Å²) < 4.78 is 28.2. The zero-order valence-electron chi connectivity index (χ0n) is 18.4. The van der Waals surface area contributed by atoms with Crippen LogP contribution < -0.4 is 16.0 Å². The van der Waals surface area contributed by atoms with Crippen LogP contribution in [0.1, 0.15) is 30.7 Å². The average molecular weight is 460 g/mol. The van der Waals surface area contributed by atoms with Gasteiger partial charge in [-0.05, 0) is 61.6 Å². The molecule has 3 N–H and O–H groups in total. The van der Waals surface area contributed by atoms with Gasteiger partial charge >= 0.3 is 0 Å². The predicted molar refractivity (Wildman–Crippen MR) is 127 cm³/mol. The molecule has 0 bridgehead atoms. The number of halogens is 2. The first-order valence-corrected chi connectivity index (χ1v) is 11.5. The first kappa shape index (κ1) is 20.9. The number of fused-ring (bicyclic) bond motifs is 1. The maximum atomic E-state index is 14.1. The number of aromatic nitrogens is 4. The number of pyridine rings is 2. The highest BCUT2D eigenvalue weighted by atomic mass is 19.1. The van der Waals surface area contributed by atoms with Crippen molar-refractivity contribution in [2.75, 3.05) is 23.7 Å². The molecule has 7 nitrogen and oxygen atoms in total. The van der Waals surface area contributed by atoms with E-state index in [1.165, 1.54) is 23.8 Å². The molecule has 1 atom stereocenters. The third-order valence-corrected chi connectivity index (χ3v) is 6.29. The molecule has 0 radical (unpaired) electrons. The molecule has 6 rings (SSSR count). The lowest BCUT2D eigenvalue weighted by atomic mass is 10.1. The second kappa shape index (κ2) is 8.57. The van der Waals surface area contributed by atoms with E-state index < -0.39 is 11.6 Å². The van der Waals surface area contributed by atoms with Crippen LogP contribution in [0.15, 0.2) is 48.9 Å². The van der Waals surface area contributed by atoms with E-state index in [-0.39, 0.29) is 11.7 Å². The molecule has 4 aromatic rings. The van der Waals surface area contributed by atoms with E-state index in [1.807, 2.05) is 6.20 Å². The van der Waals surface area contributed by atoms with Crippen LogP contribution in [0.5, 0.6) is 0 Å². The molecular weight excluding hydrogens is 436 g/mol. The molecule has 3 aromatic heterocycles. The molecule has 1 saturated heterocycles. The number of benzene rings is 1. The quantitative estimate of drug-likeness (QED) is 0.383. The van der Waals surface area contributed by atoms with Crippen molar-refractivity contribution in [2.24, 2.45) is 0 Å². The maximum absolute atomic E-state index is 14.1. The number of hydrogen-bond donors (Lipinski definition) is 3. The number of nitrogens with zero attached hydrogens (tertiary/aromatic N) is 4. The van der Waals surface area contributed by atoms with Crippen LogP contribution in [0.3, 0.4) is 0 Å². The zero-order valence-corrected chi connectivity index (χ0v) is 18.4. The number of para-hydroxylation sites is 1. The molecule has 0 amide bonds. The van der Waals surface area contributed by atoms with E-state index in [1.54, 1.807) is 24.5 Å². The first-order valence-electron chi connectivity index (χ1n) is 11.5. The number of nitrogens with one attached hydrogen (secondary N) is 3. The Labute approximate surface area is 195 Å². The Morgan fingerprint density at radius 3 is 2.62 bits per heavy atom. The second-order valence-corrected chi connectivity index (χ2v) is 8.78. The van der Waals surface area contributed by atoms with E-state index in [4.69, 9.17) is 9.97 Å². The highest BCUT2D eigenvalue weighted by Crippen LogP contribution is 2.44. The van der Waals surface area contributed by atoms with E-state index in [0.717, 1.165) is 49.1 Å². The minimum atomic E-state index is -0.690. The van der Waals surface area contributed by atoms with Crippen LogP contribution in [0.25, 0.3) is 22.3 Å². The van der Waals surface area contributed by atoms with Crippen molar-refractivity contribution in [3.8, 4) is 11.4 Å². The summed E-state index contributed by atoms with van der Waals surface area (Å²) in [7, 11) is 0. The van der Waals surface area contributed by atoms with Crippen molar-refractivity contribution >= 4 is 28.2 Å². The molecule has 172 valence electrons. The van der Waals surface area contributed by atoms with Crippen molar-refractivity contribution in [1.82, 2.24) is 25.3 Å². The van der Waals surface area contributed by atoms with Crippen LogP contribution in [0.4, 0.5) is 26.1 Å². The summed E-state index contributed by atoms with van der Waals surface area (Å²) in [4.78, 5) is 18.4. The molecule has 0 unspecified atom stereocenters. The molecule has 2 fully saturated rings. The molecule has 2 aliphatic rings. The van der Waals surface area contributed by atoms with Gasteiger partial charge in [0, 0.05) is 35.9 Å². The van der Waals surface area contributed by atoms with E-state index in [2.05, 4.69) is 25.9 Å². The normalized spacial score (nSPS) is 17.8. The van der Waals surface area contributed by atoms with E-state index in [9.17, 15) is 8.78 Å². The van der Waals surface area contributed by atoms with Gasteiger partial charge in [-0.25, -0.2) is 23.7 Å². The third-order valence-electron chi connectivity index (χ3n) is 6.29. The lowest BCUT2D eigenvalue weighted by Crippen LogP contribution is -2.23. The van der Waals surface area contributed by atoms with Gasteiger partial charge in [-0.2, -0.15) is 0 Å². The van der Waals surface area contributed by atoms with Gasteiger partial charge in [-0.1, -0.05) is 6.07 Å². The minimum absolute atomic E-state index is 0.249. The zero-order chi connectivity index (χ0) is 23.1. The lowest BCUT2D eigenvalue weighted by molar-refractivity contribution is 0.590. The monoisotopic (exact) mass is 459 g/mol. The van der Waals surface area contributed by atoms with Crippen molar-refractivity contribution < 1.29 is 8.78 Å². The summed E-state index contributed by atoms with van der Waals surface area (Å²) in [6.45, 7) is 1.85. The highest BCUT2D eigenvalue weighted by molar-refractivity contribution is 5.93. The fraction of sp³-hybridized carbons (Fsp3) is 0.280. The van der Waals surface area contributed by atoms with Crippen LogP contribution in [0, 0.1) is 11.6 Å². The molecule has 1 aliphatic heterocycles. The van der Waals surface area contributed by atoms with Crippen molar-refractivity contribution in [3.63, 3.8) is 0 Å².